The number of benzene rings is 1. The van der Waals surface area contributed by atoms with Gasteiger partial charge in [-0.05, 0) is 25.5 Å². The van der Waals surface area contributed by atoms with Gasteiger partial charge in [-0.25, -0.2) is 0 Å². The third-order valence-electron chi connectivity index (χ3n) is 5.36. The lowest BCUT2D eigenvalue weighted by atomic mass is 9.84. The van der Waals surface area contributed by atoms with Crippen LogP contribution in [0, 0.1) is 0 Å². The zero-order chi connectivity index (χ0) is 19.7. The van der Waals surface area contributed by atoms with E-state index in [-0.39, 0.29) is 30.4 Å². The van der Waals surface area contributed by atoms with E-state index in [9.17, 15) is 14.4 Å². The van der Waals surface area contributed by atoms with Crippen LogP contribution in [0.4, 0.5) is 5.13 Å². The molecule has 2 aliphatic heterocycles. The SMILES string of the molecule is CC(C(=O)Nc1nncs1)N1CCC2(CCC1=O)CC(=O)c1ccccc1O2. The number of nitrogens with one attached hydrogen (secondary N) is 1. The summed E-state index contributed by atoms with van der Waals surface area (Å²) in [5, 5.41) is 10.6. The average molecular weight is 400 g/mol. The van der Waals surface area contributed by atoms with Gasteiger partial charge in [0.2, 0.25) is 16.9 Å². The van der Waals surface area contributed by atoms with Crippen LogP contribution in [0.25, 0.3) is 0 Å². The highest BCUT2D eigenvalue weighted by Gasteiger charge is 2.44. The standard InChI is InChI=1S/C19H20N4O4S/c1-12(17(26)21-18-22-20-11-28-18)23-9-8-19(7-6-16(23)25)10-14(24)13-4-2-3-5-15(13)27-19/h2-5,11-12H,6-10H2,1H3,(H,21,22,26). The number of para-hydroxylation sites is 1. The second kappa shape index (κ2) is 7.31. The van der Waals surface area contributed by atoms with Gasteiger partial charge in [-0.2, -0.15) is 0 Å². The quantitative estimate of drug-likeness (QED) is 0.848. The Bertz CT molecular complexity index is 916. The van der Waals surface area contributed by atoms with Crippen LogP contribution in [0.2, 0.25) is 0 Å². The molecule has 2 atom stereocenters. The lowest BCUT2D eigenvalue weighted by molar-refractivity contribution is -0.137. The summed E-state index contributed by atoms with van der Waals surface area (Å²) in [5.74, 6) is 0.172. The predicted molar refractivity (Wildman–Crippen MR) is 102 cm³/mol. The van der Waals surface area contributed by atoms with Crippen LogP contribution in [0.5, 0.6) is 5.75 Å². The molecule has 1 aromatic carbocycles. The van der Waals surface area contributed by atoms with Gasteiger partial charge in [0.25, 0.3) is 0 Å². The maximum absolute atomic E-state index is 12.7. The van der Waals surface area contributed by atoms with E-state index in [0.717, 1.165) is 0 Å². The van der Waals surface area contributed by atoms with Gasteiger partial charge in [-0.1, -0.05) is 23.5 Å². The molecule has 9 heteroatoms. The fraction of sp³-hybridized carbons (Fsp3) is 0.421. The number of rotatable bonds is 3. The Balaban J connectivity index is 1.49. The summed E-state index contributed by atoms with van der Waals surface area (Å²) in [6.45, 7) is 2.04. The Hall–Kier alpha value is -2.81. The Kier molecular flexibility index (Phi) is 4.84. The van der Waals surface area contributed by atoms with Crippen molar-refractivity contribution in [1.29, 1.82) is 0 Å². The van der Waals surface area contributed by atoms with E-state index in [1.54, 1.807) is 24.0 Å². The first-order chi connectivity index (χ1) is 13.5. The van der Waals surface area contributed by atoms with Crippen LogP contribution in [-0.2, 0) is 9.59 Å². The van der Waals surface area contributed by atoms with Crippen LogP contribution in [0.15, 0.2) is 29.8 Å². The number of ether oxygens (including phenoxy) is 1. The number of amides is 2. The number of Topliss-reactive ketones (excluding diaryl/α,β-unsaturated/α-hetero) is 1. The van der Waals surface area contributed by atoms with Gasteiger partial charge < -0.3 is 9.64 Å². The van der Waals surface area contributed by atoms with Crippen molar-refractivity contribution in [2.45, 2.75) is 44.2 Å². The van der Waals surface area contributed by atoms with E-state index in [4.69, 9.17) is 4.74 Å². The van der Waals surface area contributed by atoms with Crippen molar-refractivity contribution in [3.8, 4) is 5.75 Å². The van der Waals surface area contributed by atoms with Gasteiger partial charge >= 0.3 is 0 Å². The summed E-state index contributed by atoms with van der Waals surface area (Å²) in [4.78, 5) is 39.3. The number of fused-ring (bicyclic) bond motifs is 1. The second-order valence-corrected chi connectivity index (χ2v) is 7.96. The van der Waals surface area contributed by atoms with Gasteiger partial charge in [-0.3, -0.25) is 19.7 Å². The fourth-order valence-electron chi connectivity index (χ4n) is 3.76. The molecule has 8 nitrogen and oxygen atoms in total. The Morgan fingerprint density at radius 3 is 2.93 bits per heavy atom. The van der Waals surface area contributed by atoms with Crippen molar-refractivity contribution < 1.29 is 19.1 Å². The molecule has 2 amide bonds. The van der Waals surface area contributed by atoms with Crippen molar-refractivity contribution in [1.82, 2.24) is 15.1 Å². The molecular formula is C19H20N4O4S. The fourth-order valence-corrected chi connectivity index (χ4v) is 4.21. The number of anilines is 1. The minimum absolute atomic E-state index is 0.0322. The number of hydrogen-bond acceptors (Lipinski definition) is 7. The van der Waals surface area contributed by atoms with Gasteiger partial charge in [0, 0.05) is 19.4 Å². The minimum Gasteiger partial charge on any atom is -0.486 e. The molecule has 0 radical (unpaired) electrons. The summed E-state index contributed by atoms with van der Waals surface area (Å²) in [6, 6.07) is 6.54. The van der Waals surface area contributed by atoms with Crippen LogP contribution in [0.1, 0.15) is 43.0 Å². The number of hydrogen-bond donors (Lipinski definition) is 1. The largest absolute Gasteiger partial charge is 0.486 e. The zero-order valence-electron chi connectivity index (χ0n) is 15.4. The van der Waals surface area contributed by atoms with E-state index in [0.29, 0.717) is 35.8 Å². The first kappa shape index (κ1) is 18.5. The van der Waals surface area contributed by atoms with Crippen LogP contribution >= 0.6 is 11.3 Å². The molecule has 146 valence electrons. The molecule has 2 aliphatic rings. The highest BCUT2D eigenvalue weighted by Crippen LogP contribution is 2.39. The molecule has 1 N–H and O–H groups in total. The summed E-state index contributed by atoms with van der Waals surface area (Å²) in [6.07, 6.45) is 1.42. The van der Waals surface area contributed by atoms with E-state index < -0.39 is 11.6 Å². The predicted octanol–water partition coefficient (Wildman–Crippen LogP) is 2.28. The number of aromatic nitrogens is 2. The third kappa shape index (κ3) is 3.49. The van der Waals surface area contributed by atoms with E-state index in [2.05, 4.69) is 15.5 Å². The summed E-state index contributed by atoms with van der Waals surface area (Å²) < 4.78 is 6.22. The summed E-state index contributed by atoms with van der Waals surface area (Å²) >= 11 is 1.22. The topological polar surface area (TPSA) is 101 Å². The first-order valence-corrected chi connectivity index (χ1v) is 10.0. The molecule has 28 heavy (non-hydrogen) atoms. The van der Waals surface area contributed by atoms with Crippen molar-refractivity contribution in [3.63, 3.8) is 0 Å². The highest BCUT2D eigenvalue weighted by atomic mass is 32.1. The number of likely N-dealkylation sites (tertiary alicyclic amines) is 1. The van der Waals surface area contributed by atoms with Gasteiger partial charge in [0.1, 0.15) is 22.9 Å². The zero-order valence-corrected chi connectivity index (χ0v) is 16.2. The molecule has 2 unspecified atom stereocenters. The van der Waals surface area contributed by atoms with Crippen molar-refractivity contribution in [2.24, 2.45) is 0 Å². The molecule has 2 aromatic rings. The molecule has 0 bridgehead atoms. The molecule has 1 spiro atoms. The molecule has 0 saturated carbocycles. The van der Waals surface area contributed by atoms with Gasteiger partial charge in [0.05, 0.1) is 12.0 Å². The maximum Gasteiger partial charge on any atom is 0.248 e. The van der Waals surface area contributed by atoms with E-state index >= 15 is 0 Å². The third-order valence-corrected chi connectivity index (χ3v) is 5.96. The molecule has 1 aromatic heterocycles. The highest BCUT2D eigenvalue weighted by molar-refractivity contribution is 7.13. The molecule has 1 saturated heterocycles. The Labute approximate surface area is 165 Å². The second-order valence-electron chi connectivity index (χ2n) is 7.13. The number of ketones is 1. The molecule has 1 fully saturated rings. The molecule has 0 aliphatic carbocycles. The lowest BCUT2D eigenvalue weighted by Gasteiger charge is -2.37. The van der Waals surface area contributed by atoms with Crippen molar-refractivity contribution in [3.05, 3.63) is 35.3 Å². The van der Waals surface area contributed by atoms with Gasteiger partial charge in [0.15, 0.2) is 5.78 Å². The smallest absolute Gasteiger partial charge is 0.248 e. The number of nitrogens with zero attached hydrogens (tertiary/aromatic N) is 3. The van der Waals surface area contributed by atoms with Crippen molar-refractivity contribution in [2.75, 3.05) is 11.9 Å². The summed E-state index contributed by atoms with van der Waals surface area (Å²) in [5.41, 5.74) is 1.41. The molecular weight excluding hydrogens is 380 g/mol. The molecule has 4 rings (SSSR count). The minimum atomic E-state index is -0.703. The van der Waals surface area contributed by atoms with E-state index in [1.807, 2.05) is 12.1 Å². The van der Waals surface area contributed by atoms with Crippen molar-refractivity contribution >= 4 is 34.1 Å². The van der Waals surface area contributed by atoms with Crippen LogP contribution < -0.4 is 10.1 Å². The number of carbonyl (C=O) groups excluding carboxylic acids is 3. The lowest BCUT2D eigenvalue weighted by Crippen LogP contribution is -2.46. The van der Waals surface area contributed by atoms with Gasteiger partial charge in [-0.15, -0.1) is 10.2 Å². The maximum atomic E-state index is 12.7. The average Bonchev–Trinajstić information content (AvgIpc) is 3.14. The van der Waals surface area contributed by atoms with Crippen LogP contribution in [0.3, 0.4) is 0 Å². The Morgan fingerprint density at radius 2 is 2.14 bits per heavy atom. The molecule has 3 heterocycles. The Morgan fingerprint density at radius 1 is 1.32 bits per heavy atom. The summed E-state index contributed by atoms with van der Waals surface area (Å²) in [7, 11) is 0. The normalized spacial score (nSPS) is 23.0. The first-order valence-electron chi connectivity index (χ1n) is 9.15. The van der Waals surface area contributed by atoms with E-state index in [1.165, 1.54) is 16.8 Å². The van der Waals surface area contributed by atoms with Crippen LogP contribution in [-0.4, -0.2) is 50.9 Å². The monoisotopic (exact) mass is 400 g/mol. The number of carbonyl (C=O) groups is 3.